The zero-order chi connectivity index (χ0) is 18.3. The lowest BCUT2D eigenvalue weighted by Gasteiger charge is -2.29. The SMILES string of the molecule is CCCS(=O)(=O)N(C(=O)CCC(C)C(N)=O)[C@H]1CCCNCC1=O. The Balaban J connectivity index is 3.02. The van der Waals surface area contributed by atoms with Crippen molar-refractivity contribution < 1.29 is 22.8 Å². The molecule has 138 valence electrons. The van der Waals surface area contributed by atoms with Crippen LogP contribution in [0, 0.1) is 5.92 Å². The van der Waals surface area contributed by atoms with E-state index in [2.05, 4.69) is 5.32 Å². The summed E-state index contributed by atoms with van der Waals surface area (Å²) in [6, 6.07) is -0.965. The molecule has 0 aromatic carbocycles. The fourth-order valence-electron chi connectivity index (χ4n) is 2.63. The van der Waals surface area contributed by atoms with Crippen LogP contribution in [0.25, 0.3) is 0 Å². The number of carbonyl (C=O) groups excluding carboxylic acids is 3. The summed E-state index contributed by atoms with van der Waals surface area (Å²) in [7, 11) is -3.87. The molecule has 0 aromatic rings. The van der Waals surface area contributed by atoms with Gasteiger partial charge in [0, 0.05) is 12.3 Å². The monoisotopic (exact) mass is 361 g/mol. The Morgan fingerprint density at radius 3 is 2.67 bits per heavy atom. The molecule has 0 radical (unpaired) electrons. The average Bonchev–Trinajstić information content (AvgIpc) is 2.69. The molecule has 0 aromatic heterocycles. The van der Waals surface area contributed by atoms with E-state index in [-0.39, 0.29) is 30.9 Å². The number of carbonyl (C=O) groups is 3. The maximum absolute atomic E-state index is 12.6. The van der Waals surface area contributed by atoms with Gasteiger partial charge in [-0.3, -0.25) is 14.4 Å². The molecule has 3 N–H and O–H groups in total. The first-order valence-corrected chi connectivity index (χ1v) is 9.89. The summed E-state index contributed by atoms with van der Waals surface area (Å²) >= 11 is 0. The van der Waals surface area contributed by atoms with Gasteiger partial charge in [-0.05, 0) is 32.2 Å². The molecule has 1 fully saturated rings. The standard InChI is InChI=1S/C15H27N3O5S/c1-3-9-24(22,23)18(12-5-4-8-17-10-13(12)19)14(20)7-6-11(2)15(16)21/h11-12,17H,3-10H2,1-2H3,(H2,16,21)/t11?,12-/m0/s1. The van der Waals surface area contributed by atoms with E-state index < -0.39 is 33.8 Å². The van der Waals surface area contributed by atoms with Crippen molar-refractivity contribution >= 4 is 27.6 Å². The lowest BCUT2D eigenvalue weighted by atomic mass is 10.0. The molecule has 2 amide bonds. The number of ketones is 1. The first-order valence-electron chi connectivity index (χ1n) is 8.28. The fraction of sp³-hybridized carbons (Fsp3) is 0.800. The molecule has 1 rings (SSSR count). The van der Waals surface area contributed by atoms with Crippen LogP contribution in [-0.2, 0) is 24.4 Å². The smallest absolute Gasteiger partial charge is 0.237 e. The number of nitrogens with one attached hydrogen (secondary N) is 1. The van der Waals surface area contributed by atoms with Gasteiger partial charge in [-0.2, -0.15) is 0 Å². The summed E-state index contributed by atoms with van der Waals surface area (Å²) < 4.78 is 25.9. The van der Waals surface area contributed by atoms with Gasteiger partial charge >= 0.3 is 0 Å². The van der Waals surface area contributed by atoms with Gasteiger partial charge in [-0.25, -0.2) is 12.7 Å². The van der Waals surface area contributed by atoms with Crippen molar-refractivity contribution in [3.63, 3.8) is 0 Å². The Morgan fingerprint density at radius 1 is 1.42 bits per heavy atom. The molecule has 0 saturated carbocycles. The summed E-state index contributed by atoms with van der Waals surface area (Å²) in [4.78, 5) is 35.9. The van der Waals surface area contributed by atoms with Gasteiger partial charge in [0.15, 0.2) is 5.78 Å². The van der Waals surface area contributed by atoms with Crippen molar-refractivity contribution in [3.05, 3.63) is 0 Å². The highest BCUT2D eigenvalue weighted by Gasteiger charge is 2.38. The quantitative estimate of drug-likeness (QED) is 0.615. The van der Waals surface area contributed by atoms with Gasteiger partial charge in [0.25, 0.3) is 0 Å². The van der Waals surface area contributed by atoms with Crippen molar-refractivity contribution in [2.24, 2.45) is 11.7 Å². The van der Waals surface area contributed by atoms with E-state index in [4.69, 9.17) is 5.73 Å². The second kappa shape index (κ2) is 9.12. The minimum Gasteiger partial charge on any atom is -0.369 e. The molecule has 2 atom stereocenters. The van der Waals surface area contributed by atoms with Crippen LogP contribution < -0.4 is 11.1 Å². The molecule has 0 spiro atoms. The van der Waals surface area contributed by atoms with E-state index in [9.17, 15) is 22.8 Å². The molecule has 1 saturated heterocycles. The van der Waals surface area contributed by atoms with Crippen LogP contribution >= 0.6 is 0 Å². The normalized spacial score (nSPS) is 20.2. The number of Topliss-reactive ketones (excluding diaryl/α,β-unsaturated/α-hetero) is 1. The summed E-state index contributed by atoms with van der Waals surface area (Å²) in [5.41, 5.74) is 5.17. The van der Waals surface area contributed by atoms with Crippen LogP contribution in [0.5, 0.6) is 0 Å². The third kappa shape index (κ3) is 5.55. The number of hydrogen-bond acceptors (Lipinski definition) is 6. The van der Waals surface area contributed by atoms with E-state index in [1.807, 2.05) is 0 Å². The van der Waals surface area contributed by atoms with E-state index in [1.165, 1.54) is 0 Å². The van der Waals surface area contributed by atoms with Crippen LogP contribution in [0.3, 0.4) is 0 Å². The zero-order valence-electron chi connectivity index (χ0n) is 14.3. The molecule has 0 aliphatic carbocycles. The van der Waals surface area contributed by atoms with Crippen molar-refractivity contribution in [1.29, 1.82) is 0 Å². The van der Waals surface area contributed by atoms with E-state index in [0.717, 1.165) is 4.31 Å². The first-order chi connectivity index (χ1) is 11.2. The second-order valence-electron chi connectivity index (χ2n) is 6.15. The Hall–Kier alpha value is -1.48. The number of amides is 2. The lowest BCUT2D eigenvalue weighted by Crippen LogP contribution is -2.50. The van der Waals surface area contributed by atoms with Crippen LogP contribution in [0.4, 0.5) is 0 Å². The lowest BCUT2D eigenvalue weighted by molar-refractivity contribution is -0.134. The molecule has 1 unspecified atom stereocenters. The molecule has 1 heterocycles. The molecule has 1 aliphatic heterocycles. The topological polar surface area (TPSA) is 127 Å². The predicted molar refractivity (Wildman–Crippen MR) is 89.4 cm³/mol. The Labute approximate surface area is 143 Å². The Morgan fingerprint density at radius 2 is 2.08 bits per heavy atom. The van der Waals surface area contributed by atoms with E-state index in [1.54, 1.807) is 13.8 Å². The number of primary amides is 1. The summed E-state index contributed by atoms with van der Waals surface area (Å²) in [5.74, 6) is -2.21. The van der Waals surface area contributed by atoms with Crippen molar-refractivity contribution in [2.45, 2.75) is 52.0 Å². The number of rotatable bonds is 8. The third-order valence-electron chi connectivity index (χ3n) is 4.07. The summed E-state index contributed by atoms with van der Waals surface area (Å²) in [6.07, 6.45) is 1.30. The highest BCUT2D eigenvalue weighted by Crippen LogP contribution is 2.19. The van der Waals surface area contributed by atoms with Gasteiger partial charge in [-0.15, -0.1) is 0 Å². The molecular weight excluding hydrogens is 334 g/mol. The van der Waals surface area contributed by atoms with Crippen molar-refractivity contribution in [1.82, 2.24) is 9.62 Å². The van der Waals surface area contributed by atoms with Gasteiger partial charge < -0.3 is 11.1 Å². The maximum atomic E-state index is 12.6. The fourth-order valence-corrected chi connectivity index (χ4v) is 4.36. The molecule has 8 nitrogen and oxygen atoms in total. The van der Waals surface area contributed by atoms with Gasteiger partial charge in [0.1, 0.15) is 6.04 Å². The van der Waals surface area contributed by atoms with Crippen molar-refractivity contribution in [3.8, 4) is 0 Å². The molecule has 24 heavy (non-hydrogen) atoms. The van der Waals surface area contributed by atoms with Gasteiger partial charge in [-0.1, -0.05) is 13.8 Å². The Bertz CT molecular complexity index is 576. The minimum atomic E-state index is -3.87. The number of nitrogens with zero attached hydrogens (tertiary/aromatic N) is 1. The maximum Gasteiger partial charge on any atom is 0.237 e. The predicted octanol–water partition coefficient (Wildman–Crippen LogP) is -0.222. The van der Waals surface area contributed by atoms with Gasteiger partial charge in [0.05, 0.1) is 12.3 Å². The molecule has 0 bridgehead atoms. The van der Waals surface area contributed by atoms with Crippen LogP contribution in [0.2, 0.25) is 0 Å². The van der Waals surface area contributed by atoms with Gasteiger partial charge in [0.2, 0.25) is 21.8 Å². The average molecular weight is 361 g/mol. The zero-order valence-corrected chi connectivity index (χ0v) is 15.1. The van der Waals surface area contributed by atoms with Crippen LogP contribution in [-0.4, -0.2) is 55.2 Å². The summed E-state index contributed by atoms with van der Waals surface area (Å²) in [6.45, 7) is 3.94. The number of nitrogens with two attached hydrogens (primary N) is 1. The van der Waals surface area contributed by atoms with E-state index in [0.29, 0.717) is 25.8 Å². The third-order valence-corrected chi connectivity index (χ3v) is 6.05. The number of hydrogen-bond donors (Lipinski definition) is 2. The minimum absolute atomic E-state index is 0.0494. The van der Waals surface area contributed by atoms with Crippen molar-refractivity contribution in [2.75, 3.05) is 18.8 Å². The van der Waals surface area contributed by atoms with Crippen LogP contribution in [0.15, 0.2) is 0 Å². The molecular formula is C15H27N3O5S. The highest BCUT2D eigenvalue weighted by atomic mass is 32.2. The highest BCUT2D eigenvalue weighted by molar-refractivity contribution is 7.89. The first kappa shape index (κ1) is 20.6. The largest absolute Gasteiger partial charge is 0.369 e. The number of sulfonamides is 1. The molecule has 9 heteroatoms. The second-order valence-corrected chi connectivity index (χ2v) is 8.11. The summed E-state index contributed by atoms with van der Waals surface area (Å²) in [5, 5.41) is 2.93. The van der Waals surface area contributed by atoms with Crippen LogP contribution in [0.1, 0.15) is 46.0 Å². The van der Waals surface area contributed by atoms with E-state index >= 15 is 0 Å². The Kier molecular flexibility index (Phi) is 7.82. The molecule has 1 aliphatic rings.